The Bertz CT molecular complexity index is 1130. The van der Waals surface area contributed by atoms with Crippen LogP contribution in [-0.4, -0.2) is 58.6 Å². The van der Waals surface area contributed by atoms with Gasteiger partial charge in [0.15, 0.2) is 22.8 Å². The van der Waals surface area contributed by atoms with Crippen LogP contribution in [0, 0.1) is 5.41 Å². The molecular formula is C21H25N7O2. The van der Waals surface area contributed by atoms with E-state index in [4.69, 9.17) is 35.6 Å². The monoisotopic (exact) mass is 407 g/mol. The van der Waals surface area contributed by atoms with Crippen LogP contribution in [0.1, 0.15) is 25.2 Å². The summed E-state index contributed by atoms with van der Waals surface area (Å²) >= 11 is 0. The fourth-order valence-electron chi connectivity index (χ4n) is 4.17. The summed E-state index contributed by atoms with van der Waals surface area (Å²) in [6, 6.07) is 5.55. The molecule has 2 aliphatic rings. The van der Waals surface area contributed by atoms with E-state index in [1.807, 2.05) is 26.0 Å². The van der Waals surface area contributed by atoms with E-state index in [2.05, 4.69) is 9.47 Å². The van der Waals surface area contributed by atoms with Gasteiger partial charge in [-0.2, -0.15) is 0 Å². The van der Waals surface area contributed by atoms with Crippen molar-refractivity contribution in [2.24, 2.45) is 0 Å². The van der Waals surface area contributed by atoms with Crippen LogP contribution in [0.15, 0.2) is 18.2 Å². The minimum atomic E-state index is -0.501. The number of benzene rings is 1. The molecule has 2 aromatic heterocycles. The summed E-state index contributed by atoms with van der Waals surface area (Å²) in [5.74, 6) is 2.18. The molecule has 0 unspecified atom stereocenters. The Morgan fingerprint density at radius 2 is 1.90 bits per heavy atom. The van der Waals surface area contributed by atoms with Gasteiger partial charge in [-0.25, -0.2) is 15.0 Å². The van der Waals surface area contributed by atoms with Gasteiger partial charge < -0.3 is 30.1 Å². The number of hydrogen-bond donors (Lipinski definition) is 2. The Kier molecular flexibility index (Phi) is 4.44. The summed E-state index contributed by atoms with van der Waals surface area (Å²) in [6.45, 7) is 8.10. The van der Waals surface area contributed by atoms with E-state index < -0.39 is 5.60 Å². The number of hydrogen-bond acceptors (Lipinski definition) is 8. The number of fused-ring (bicyclic) bond motifs is 3. The summed E-state index contributed by atoms with van der Waals surface area (Å²) in [4.78, 5) is 17.0. The molecule has 9 nitrogen and oxygen atoms in total. The predicted molar refractivity (Wildman–Crippen MR) is 115 cm³/mol. The number of morpholine rings is 1. The van der Waals surface area contributed by atoms with Crippen molar-refractivity contribution < 1.29 is 9.47 Å². The molecule has 0 radical (unpaired) electrons. The summed E-state index contributed by atoms with van der Waals surface area (Å²) < 4.78 is 13.6. The Morgan fingerprint density at radius 3 is 2.67 bits per heavy atom. The van der Waals surface area contributed by atoms with E-state index in [0.717, 1.165) is 41.5 Å². The van der Waals surface area contributed by atoms with Gasteiger partial charge in [0.25, 0.3) is 0 Å². The second-order valence-electron chi connectivity index (χ2n) is 8.04. The van der Waals surface area contributed by atoms with Gasteiger partial charge in [0.05, 0.1) is 19.8 Å². The number of ether oxygens (including phenoxy) is 2. The van der Waals surface area contributed by atoms with Crippen molar-refractivity contribution >= 4 is 28.9 Å². The number of aromatic nitrogens is 4. The first kappa shape index (κ1) is 19.0. The van der Waals surface area contributed by atoms with Crippen molar-refractivity contribution in [2.45, 2.75) is 26.0 Å². The lowest BCUT2D eigenvalue weighted by molar-refractivity contribution is -0.0530. The van der Waals surface area contributed by atoms with Gasteiger partial charge in [-0.3, -0.25) is 0 Å². The summed E-state index contributed by atoms with van der Waals surface area (Å²) in [7, 11) is 0. The van der Waals surface area contributed by atoms with Crippen LogP contribution in [0.25, 0.3) is 22.6 Å². The SMILES string of the molecule is CC1(C)OCCn2c1nc1c(N3CCOCC3)nc(-c3cccc(N)c3C=N)nc12. The molecule has 0 aliphatic carbocycles. The molecule has 0 atom stereocenters. The Balaban J connectivity index is 1.79. The molecule has 9 heteroatoms. The van der Waals surface area contributed by atoms with Gasteiger partial charge in [-0.15, -0.1) is 0 Å². The first-order valence-corrected chi connectivity index (χ1v) is 10.1. The van der Waals surface area contributed by atoms with Crippen molar-refractivity contribution in [3.63, 3.8) is 0 Å². The maximum Gasteiger partial charge on any atom is 0.166 e. The van der Waals surface area contributed by atoms with E-state index >= 15 is 0 Å². The van der Waals surface area contributed by atoms with Gasteiger partial charge in [-0.05, 0) is 19.9 Å². The largest absolute Gasteiger partial charge is 0.398 e. The fourth-order valence-corrected chi connectivity index (χ4v) is 4.17. The molecule has 2 aliphatic heterocycles. The number of nitrogen functional groups attached to an aromatic ring is 1. The summed E-state index contributed by atoms with van der Waals surface area (Å²) in [6.07, 6.45) is 1.26. The molecule has 4 heterocycles. The zero-order valence-electron chi connectivity index (χ0n) is 17.2. The zero-order valence-corrected chi connectivity index (χ0v) is 17.2. The van der Waals surface area contributed by atoms with E-state index in [1.165, 1.54) is 6.21 Å². The highest BCUT2D eigenvalue weighted by molar-refractivity contribution is 5.95. The lowest BCUT2D eigenvalue weighted by atomic mass is 10.1. The number of nitrogens with zero attached hydrogens (tertiary/aromatic N) is 5. The van der Waals surface area contributed by atoms with Crippen LogP contribution >= 0.6 is 0 Å². The van der Waals surface area contributed by atoms with Gasteiger partial charge in [0.1, 0.15) is 11.4 Å². The third-order valence-electron chi connectivity index (χ3n) is 5.73. The smallest absolute Gasteiger partial charge is 0.166 e. The van der Waals surface area contributed by atoms with Crippen molar-refractivity contribution in [3.05, 3.63) is 29.6 Å². The minimum Gasteiger partial charge on any atom is -0.398 e. The Labute approximate surface area is 174 Å². The predicted octanol–water partition coefficient (Wildman–Crippen LogP) is 2.18. The second-order valence-corrected chi connectivity index (χ2v) is 8.04. The standard InChI is InChI=1S/C21H25N7O2/c1-21(2)20-24-16-18(27-6-9-29-10-7-27)25-17(26-19(16)28(20)8-11-30-21)13-4-3-5-15(23)14(13)12-22/h3-5,12,22H,6-11,23H2,1-2H3. The third kappa shape index (κ3) is 2.93. The van der Waals surface area contributed by atoms with Crippen LogP contribution < -0.4 is 10.6 Å². The van der Waals surface area contributed by atoms with E-state index in [9.17, 15) is 0 Å². The molecule has 1 saturated heterocycles. The molecule has 1 aromatic carbocycles. The molecular weight excluding hydrogens is 382 g/mol. The quantitative estimate of drug-likeness (QED) is 0.505. The molecule has 0 bridgehead atoms. The van der Waals surface area contributed by atoms with E-state index in [-0.39, 0.29) is 0 Å². The van der Waals surface area contributed by atoms with Crippen LogP contribution in [0.5, 0.6) is 0 Å². The fraction of sp³-hybridized carbons (Fsp3) is 0.429. The number of rotatable bonds is 3. The molecule has 0 amide bonds. The van der Waals surface area contributed by atoms with Crippen LogP contribution in [0.4, 0.5) is 11.5 Å². The second kappa shape index (κ2) is 7.03. The molecule has 5 rings (SSSR count). The first-order chi connectivity index (χ1) is 14.5. The normalized spacial score (nSPS) is 18.4. The Hall–Kier alpha value is -3.04. The molecule has 1 fully saturated rings. The highest BCUT2D eigenvalue weighted by Crippen LogP contribution is 2.35. The first-order valence-electron chi connectivity index (χ1n) is 10.1. The minimum absolute atomic E-state index is 0.501. The summed E-state index contributed by atoms with van der Waals surface area (Å²) in [5.41, 5.74) is 9.06. The van der Waals surface area contributed by atoms with E-state index in [0.29, 0.717) is 43.4 Å². The highest BCUT2D eigenvalue weighted by atomic mass is 16.5. The van der Waals surface area contributed by atoms with Gasteiger partial charge in [0.2, 0.25) is 0 Å². The number of anilines is 2. The number of nitrogens with one attached hydrogen (secondary N) is 1. The zero-order chi connectivity index (χ0) is 20.9. The average molecular weight is 407 g/mol. The van der Waals surface area contributed by atoms with Crippen molar-refractivity contribution in [1.82, 2.24) is 19.5 Å². The van der Waals surface area contributed by atoms with Crippen LogP contribution in [0.2, 0.25) is 0 Å². The average Bonchev–Trinajstić information content (AvgIpc) is 3.14. The van der Waals surface area contributed by atoms with Gasteiger partial charge >= 0.3 is 0 Å². The molecule has 3 N–H and O–H groups in total. The van der Waals surface area contributed by atoms with E-state index in [1.54, 1.807) is 6.07 Å². The number of nitrogens with two attached hydrogens (primary N) is 1. The maximum atomic E-state index is 7.84. The van der Waals surface area contributed by atoms with Crippen LogP contribution in [-0.2, 0) is 21.6 Å². The van der Waals surface area contributed by atoms with Crippen molar-refractivity contribution in [2.75, 3.05) is 43.5 Å². The van der Waals surface area contributed by atoms with Gasteiger partial charge in [0, 0.05) is 42.7 Å². The maximum absolute atomic E-state index is 7.84. The molecule has 0 saturated carbocycles. The van der Waals surface area contributed by atoms with Gasteiger partial charge in [-0.1, -0.05) is 12.1 Å². The third-order valence-corrected chi connectivity index (χ3v) is 5.73. The van der Waals surface area contributed by atoms with Crippen molar-refractivity contribution in [3.8, 4) is 11.4 Å². The van der Waals surface area contributed by atoms with Crippen molar-refractivity contribution in [1.29, 1.82) is 5.41 Å². The lowest BCUT2D eigenvalue weighted by Gasteiger charge is -2.30. The lowest BCUT2D eigenvalue weighted by Crippen LogP contribution is -2.37. The topological polar surface area (TPSA) is 115 Å². The Morgan fingerprint density at radius 1 is 1.10 bits per heavy atom. The summed E-state index contributed by atoms with van der Waals surface area (Å²) in [5, 5.41) is 7.84. The molecule has 3 aromatic rings. The number of imidazole rings is 1. The van der Waals surface area contributed by atoms with Crippen LogP contribution in [0.3, 0.4) is 0 Å². The molecule has 156 valence electrons. The highest BCUT2D eigenvalue weighted by Gasteiger charge is 2.34. The molecule has 0 spiro atoms. The molecule has 30 heavy (non-hydrogen) atoms.